The van der Waals surface area contributed by atoms with Gasteiger partial charge in [0.1, 0.15) is 0 Å². The minimum atomic E-state index is 0.0814. The molecule has 0 fully saturated rings. The first-order valence-electron chi connectivity index (χ1n) is 6.27. The van der Waals surface area contributed by atoms with Crippen LogP contribution in [0, 0.1) is 27.7 Å². The minimum Gasteiger partial charge on any atom is -0.312 e. The van der Waals surface area contributed by atoms with Crippen molar-refractivity contribution in [2.75, 3.05) is 7.05 Å². The Balaban J connectivity index is 2.90. The Bertz CT molecular complexity index is 460. The highest BCUT2D eigenvalue weighted by molar-refractivity contribution is 14.1. The van der Waals surface area contributed by atoms with Crippen molar-refractivity contribution in [3.63, 3.8) is 0 Å². The van der Waals surface area contributed by atoms with E-state index in [9.17, 15) is 0 Å². The first kappa shape index (κ1) is 15.5. The number of nitrogens with one attached hydrogen (secondary N) is 1. The number of halogens is 1. The van der Waals surface area contributed by atoms with E-state index in [-0.39, 0.29) is 5.41 Å². The molecule has 18 heavy (non-hydrogen) atoms. The highest BCUT2D eigenvalue weighted by Gasteiger charge is 2.12. The summed E-state index contributed by atoms with van der Waals surface area (Å²) in [7, 11) is 2.00. The first-order valence-corrected chi connectivity index (χ1v) is 7.35. The second kappa shape index (κ2) is 6.58. The average molecular weight is 355 g/mol. The minimum absolute atomic E-state index is 0.0814. The van der Waals surface area contributed by atoms with Gasteiger partial charge in [-0.2, -0.15) is 0 Å². The van der Waals surface area contributed by atoms with Crippen LogP contribution in [0.3, 0.4) is 0 Å². The number of aryl methyl sites for hydroxylation is 1. The number of hydrogen-bond donors (Lipinski definition) is 1. The Morgan fingerprint density at radius 2 is 2.00 bits per heavy atom. The number of rotatable bonds is 3. The molecule has 0 spiro atoms. The number of benzene rings is 1. The molecule has 1 rings (SSSR count). The summed E-state index contributed by atoms with van der Waals surface area (Å²) in [5.41, 5.74) is 2.76. The maximum Gasteiger partial charge on any atom is 0.0439 e. The molecular formula is C16H22IN. The second-order valence-corrected chi connectivity index (χ2v) is 6.65. The molecule has 0 bridgehead atoms. The highest BCUT2D eigenvalue weighted by atomic mass is 127. The van der Waals surface area contributed by atoms with Gasteiger partial charge in [-0.15, -0.1) is 5.92 Å². The lowest BCUT2D eigenvalue weighted by atomic mass is 9.96. The summed E-state index contributed by atoms with van der Waals surface area (Å²) in [5, 5.41) is 3.37. The maximum atomic E-state index is 3.37. The van der Waals surface area contributed by atoms with Gasteiger partial charge in [0.05, 0.1) is 0 Å². The quantitative estimate of drug-likeness (QED) is 0.630. The van der Waals surface area contributed by atoms with Gasteiger partial charge in [0.15, 0.2) is 0 Å². The van der Waals surface area contributed by atoms with Gasteiger partial charge in [0.25, 0.3) is 0 Å². The van der Waals surface area contributed by atoms with Gasteiger partial charge in [-0.25, -0.2) is 0 Å². The Hall–Kier alpha value is -0.530. The molecule has 1 unspecified atom stereocenters. The molecule has 0 amide bonds. The average Bonchev–Trinajstić information content (AvgIpc) is 2.27. The van der Waals surface area contributed by atoms with Crippen molar-refractivity contribution in [2.45, 2.75) is 40.2 Å². The zero-order valence-electron chi connectivity index (χ0n) is 11.9. The normalized spacial score (nSPS) is 12.8. The van der Waals surface area contributed by atoms with E-state index >= 15 is 0 Å². The van der Waals surface area contributed by atoms with Gasteiger partial charge in [-0.05, 0) is 68.5 Å². The zero-order chi connectivity index (χ0) is 13.8. The van der Waals surface area contributed by atoms with E-state index in [1.807, 2.05) is 7.05 Å². The fourth-order valence-corrected chi connectivity index (χ4v) is 2.46. The fourth-order valence-electron chi connectivity index (χ4n) is 1.73. The third kappa shape index (κ3) is 4.62. The Morgan fingerprint density at radius 3 is 2.56 bits per heavy atom. The predicted octanol–water partition coefficient (Wildman–Crippen LogP) is 4.30. The molecule has 2 heteroatoms. The Kier molecular flexibility index (Phi) is 5.68. The van der Waals surface area contributed by atoms with Crippen LogP contribution >= 0.6 is 22.6 Å². The fraction of sp³-hybridized carbons (Fsp3) is 0.500. The Morgan fingerprint density at radius 1 is 1.33 bits per heavy atom. The van der Waals surface area contributed by atoms with E-state index in [0.29, 0.717) is 6.04 Å². The van der Waals surface area contributed by atoms with Crippen molar-refractivity contribution in [3.05, 3.63) is 32.9 Å². The first-order chi connectivity index (χ1) is 8.35. The van der Waals surface area contributed by atoms with Crippen LogP contribution in [0.5, 0.6) is 0 Å². The van der Waals surface area contributed by atoms with Gasteiger partial charge >= 0.3 is 0 Å². The van der Waals surface area contributed by atoms with Gasteiger partial charge in [-0.3, -0.25) is 0 Å². The van der Waals surface area contributed by atoms with Crippen molar-refractivity contribution >= 4 is 22.6 Å². The molecule has 0 heterocycles. The van der Waals surface area contributed by atoms with Crippen LogP contribution in [0.1, 0.15) is 44.4 Å². The second-order valence-electron chi connectivity index (χ2n) is 5.58. The predicted molar refractivity (Wildman–Crippen MR) is 87.5 cm³/mol. The molecule has 1 N–H and O–H groups in total. The van der Waals surface area contributed by atoms with E-state index in [2.05, 4.69) is 85.6 Å². The van der Waals surface area contributed by atoms with Crippen molar-refractivity contribution in [2.24, 2.45) is 5.41 Å². The van der Waals surface area contributed by atoms with E-state index in [4.69, 9.17) is 0 Å². The third-order valence-electron chi connectivity index (χ3n) is 2.72. The summed E-state index contributed by atoms with van der Waals surface area (Å²) in [6.07, 6.45) is 0.854. The lowest BCUT2D eigenvalue weighted by Crippen LogP contribution is -2.17. The van der Waals surface area contributed by atoms with E-state index in [0.717, 1.165) is 6.42 Å². The molecule has 1 aromatic rings. The van der Waals surface area contributed by atoms with Crippen LogP contribution in [-0.2, 0) is 0 Å². The van der Waals surface area contributed by atoms with E-state index in [1.54, 1.807) is 0 Å². The largest absolute Gasteiger partial charge is 0.312 e. The summed E-state index contributed by atoms with van der Waals surface area (Å²) in [4.78, 5) is 0. The molecular weight excluding hydrogens is 333 g/mol. The van der Waals surface area contributed by atoms with Crippen molar-refractivity contribution in [1.82, 2.24) is 5.32 Å². The molecule has 0 aliphatic rings. The van der Waals surface area contributed by atoms with Crippen LogP contribution in [0.4, 0.5) is 0 Å². The third-order valence-corrected chi connectivity index (χ3v) is 4.19. The molecule has 1 atom stereocenters. The molecule has 0 radical (unpaired) electrons. The summed E-state index contributed by atoms with van der Waals surface area (Å²) in [5.74, 6) is 6.60. The van der Waals surface area contributed by atoms with Crippen molar-refractivity contribution in [1.29, 1.82) is 0 Å². The van der Waals surface area contributed by atoms with Crippen molar-refractivity contribution in [3.8, 4) is 11.8 Å². The molecule has 0 saturated carbocycles. The van der Waals surface area contributed by atoms with Crippen LogP contribution in [0.2, 0.25) is 0 Å². The standard InChI is InChI=1S/C16H22IN/c1-12-8-6-9-13(15(12)17)14(18-5)10-7-11-16(2,3)4/h6,8-9,14,18H,10H2,1-5H3. The monoisotopic (exact) mass is 355 g/mol. The van der Waals surface area contributed by atoms with Crippen LogP contribution in [0.15, 0.2) is 18.2 Å². The molecule has 1 aromatic carbocycles. The van der Waals surface area contributed by atoms with E-state index < -0.39 is 0 Å². The molecule has 1 nitrogen and oxygen atoms in total. The van der Waals surface area contributed by atoms with Crippen LogP contribution in [0.25, 0.3) is 0 Å². The molecule has 0 aliphatic heterocycles. The zero-order valence-corrected chi connectivity index (χ0v) is 14.1. The highest BCUT2D eigenvalue weighted by Crippen LogP contribution is 2.25. The molecule has 0 saturated heterocycles. The Labute approximate surface area is 125 Å². The molecule has 0 aliphatic carbocycles. The summed E-state index contributed by atoms with van der Waals surface area (Å²) < 4.78 is 1.34. The van der Waals surface area contributed by atoms with Crippen LogP contribution in [-0.4, -0.2) is 7.05 Å². The van der Waals surface area contributed by atoms with Gasteiger partial charge in [-0.1, -0.05) is 24.1 Å². The lowest BCUT2D eigenvalue weighted by Gasteiger charge is -2.17. The summed E-state index contributed by atoms with van der Waals surface area (Å²) >= 11 is 2.42. The maximum absolute atomic E-state index is 3.37. The lowest BCUT2D eigenvalue weighted by molar-refractivity contribution is 0.565. The molecule has 98 valence electrons. The van der Waals surface area contributed by atoms with Gasteiger partial charge < -0.3 is 5.32 Å². The van der Waals surface area contributed by atoms with Gasteiger partial charge in [0, 0.05) is 21.4 Å². The smallest absolute Gasteiger partial charge is 0.0439 e. The summed E-state index contributed by atoms with van der Waals surface area (Å²) in [6.45, 7) is 8.58. The SMILES string of the molecule is CNC(CC#CC(C)(C)C)c1cccc(C)c1I. The van der Waals surface area contributed by atoms with Gasteiger partial charge in [0.2, 0.25) is 0 Å². The topological polar surface area (TPSA) is 12.0 Å². The summed E-state index contributed by atoms with van der Waals surface area (Å²) in [6, 6.07) is 6.77. The van der Waals surface area contributed by atoms with E-state index in [1.165, 1.54) is 14.7 Å². The molecule has 0 aromatic heterocycles. The van der Waals surface area contributed by atoms with Crippen LogP contribution < -0.4 is 5.32 Å². The van der Waals surface area contributed by atoms with Crippen molar-refractivity contribution < 1.29 is 0 Å². The number of hydrogen-bond acceptors (Lipinski definition) is 1.